The van der Waals surface area contributed by atoms with Gasteiger partial charge in [0, 0.05) is 67.0 Å². The van der Waals surface area contributed by atoms with Crippen LogP contribution in [-0.4, -0.2) is 94.2 Å². The van der Waals surface area contributed by atoms with Crippen LogP contribution < -0.4 is 0 Å². The number of nitrogens with zero attached hydrogens (tertiary/aromatic N) is 3. The second kappa shape index (κ2) is 12.8. The van der Waals surface area contributed by atoms with Crippen LogP contribution in [0.2, 0.25) is 0 Å². The third kappa shape index (κ3) is 8.47. The van der Waals surface area contributed by atoms with Gasteiger partial charge in [0.05, 0.1) is 11.8 Å². The average molecular weight is 578 g/mol. The third-order valence-electron chi connectivity index (χ3n) is 11.0. The number of ether oxygens (including phenoxy) is 2. The smallest absolute Gasteiger partial charge is 0.310 e. The molecule has 41 heavy (non-hydrogen) atoms. The lowest BCUT2D eigenvalue weighted by atomic mass is 9.78. The molecule has 0 bridgehead atoms. The van der Waals surface area contributed by atoms with Crippen LogP contribution in [0.4, 0.5) is 0 Å². The number of rotatable bonds is 9. The molecule has 2 saturated heterocycles. The maximum Gasteiger partial charge on any atom is 0.310 e. The lowest BCUT2D eigenvalue weighted by molar-refractivity contribution is -0.164. The van der Waals surface area contributed by atoms with Gasteiger partial charge in [0.2, 0.25) is 0 Å². The molecule has 2 aliphatic heterocycles. The van der Waals surface area contributed by atoms with Crippen LogP contribution in [0.1, 0.15) is 127 Å². The SMILES string of the molecule is CC(CN(CC(C)C(=O)OC1CC(C)(C)N(C)C(C)(C)C1)C1CCCCC1)C(=O)OC1CC(C)(C)N(C)C(C)(C)C1. The Bertz CT molecular complexity index is 808. The Balaban J connectivity index is 1.63. The van der Waals surface area contributed by atoms with Crippen molar-refractivity contribution < 1.29 is 19.1 Å². The van der Waals surface area contributed by atoms with Crippen LogP contribution in [0, 0.1) is 11.8 Å². The number of likely N-dealkylation sites (tertiary alicyclic amines) is 2. The Labute approximate surface area is 252 Å². The molecule has 0 N–H and O–H groups in total. The molecule has 2 heterocycles. The van der Waals surface area contributed by atoms with Gasteiger partial charge in [-0.15, -0.1) is 0 Å². The zero-order valence-electron chi connectivity index (χ0n) is 28.6. The van der Waals surface area contributed by atoms with Gasteiger partial charge in [0.1, 0.15) is 12.2 Å². The number of piperidine rings is 2. The highest BCUT2D eigenvalue weighted by atomic mass is 16.5. The van der Waals surface area contributed by atoms with Crippen LogP contribution in [-0.2, 0) is 19.1 Å². The zero-order valence-corrected chi connectivity index (χ0v) is 28.6. The van der Waals surface area contributed by atoms with E-state index in [2.05, 4.69) is 84.2 Å². The minimum Gasteiger partial charge on any atom is -0.462 e. The summed E-state index contributed by atoms with van der Waals surface area (Å²) in [6.07, 6.45) is 9.13. The van der Waals surface area contributed by atoms with Crippen LogP contribution in [0.3, 0.4) is 0 Å². The maximum absolute atomic E-state index is 13.4. The summed E-state index contributed by atoms with van der Waals surface area (Å²) in [5.74, 6) is -0.723. The van der Waals surface area contributed by atoms with Crippen molar-refractivity contribution in [3.8, 4) is 0 Å². The summed E-state index contributed by atoms with van der Waals surface area (Å²) < 4.78 is 12.3. The number of hydrogen-bond donors (Lipinski definition) is 0. The summed E-state index contributed by atoms with van der Waals surface area (Å²) in [4.78, 5) is 34.0. The summed E-state index contributed by atoms with van der Waals surface area (Å²) in [6, 6.07) is 0.400. The van der Waals surface area contributed by atoms with E-state index in [-0.39, 0.29) is 58.1 Å². The fraction of sp³-hybridized carbons (Fsp3) is 0.941. The summed E-state index contributed by atoms with van der Waals surface area (Å²) in [5, 5.41) is 0. The van der Waals surface area contributed by atoms with Crippen molar-refractivity contribution in [1.82, 2.24) is 14.7 Å². The highest BCUT2D eigenvalue weighted by Crippen LogP contribution is 2.39. The van der Waals surface area contributed by atoms with Gasteiger partial charge in [-0.05, 0) is 82.3 Å². The van der Waals surface area contributed by atoms with E-state index in [1.54, 1.807) is 0 Å². The van der Waals surface area contributed by atoms with Gasteiger partial charge in [-0.1, -0.05) is 33.1 Å². The monoisotopic (exact) mass is 577 g/mol. The number of esters is 2. The lowest BCUT2D eigenvalue weighted by Gasteiger charge is -2.53. The van der Waals surface area contributed by atoms with E-state index >= 15 is 0 Å². The van der Waals surface area contributed by atoms with Crippen LogP contribution in [0.25, 0.3) is 0 Å². The minimum atomic E-state index is -0.249. The van der Waals surface area contributed by atoms with Crippen molar-refractivity contribution in [1.29, 1.82) is 0 Å². The van der Waals surface area contributed by atoms with Crippen molar-refractivity contribution in [3.63, 3.8) is 0 Å². The first-order valence-corrected chi connectivity index (χ1v) is 16.4. The highest BCUT2D eigenvalue weighted by molar-refractivity contribution is 5.73. The molecule has 3 fully saturated rings. The van der Waals surface area contributed by atoms with Gasteiger partial charge < -0.3 is 9.47 Å². The second-order valence-electron chi connectivity index (χ2n) is 16.3. The Morgan fingerprint density at radius 2 is 0.976 bits per heavy atom. The predicted molar refractivity (Wildman–Crippen MR) is 167 cm³/mol. The molecule has 0 radical (unpaired) electrons. The molecular weight excluding hydrogens is 514 g/mol. The fourth-order valence-electron chi connectivity index (χ4n) is 7.96. The van der Waals surface area contributed by atoms with Crippen LogP contribution >= 0.6 is 0 Å². The van der Waals surface area contributed by atoms with Crippen molar-refractivity contribution in [3.05, 3.63) is 0 Å². The topological polar surface area (TPSA) is 62.3 Å². The zero-order chi connectivity index (χ0) is 31.0. The van der Waals surface area contributed by atoms with Gasteiger partial charge in [-0.25, -0.2) is 0 Å². The van der Waals surface area contributed by atoms with Crippen molar-refractivity contribution in [2.75, 3.05) is 27.2 Å². The van der Waals surface area contributed by atoms with Crippen molar-refractivity contribution >= 4 is 11.9 Å². The third-order valence-corrected chi connectivity index (χ3v) is 11.0. The summed E-state index contributed by atoms with van der Waals surface area (Å²) >= 11 is 0. The Morgan fingerprint density at radius 3 is 1.29 bits per heavy atom. The Kier molecular flexibility index (Phi) is 10.7. The average Bonchev–Trinajstić information content (AvgIpc) is 2.85. The van der Waals surface area contributed by atoms with E-state index < -0.39 is 0 Å². The maximum atomic E-state index is 13.4. The molecular formula is C34H63N3O4. The normalized spacial score (nSPS) is 27.3. The van der Waals surface area contributed by atoms with Gasteiger partial charge in [-0.3, -0.25) is 24.3 Å². The first-order chi connectivity index (χ1) is 18.7. The fourth-order valence-corrected chi connectivity index (χ4v) is 7.96. The number of hydrogen-bond acceptors (Lipinski definition) is 7. The van der Waals surface area contributed by atoms with E-state index in [1.807, 2.05) is 13.8 Å². The highest BCUT2D eigenvalue weighted by Gasteiger charge is 2.46. The molecule has 0 aromatic carbocycles. The minimum absolute atomic E-state index is 0.0297. The quantitative estimate of drug-likeness (QED) is 0.299. The van der Waals surface area contributed by atoms with E-state index in [0.717, 1.165) is 38.5 Å². The molecule has 238 valence electrons. The molecule has 7 heteroatoms. The van der Waals surface area contributed by atoms with Crippen molar-refractivity contribution in [2.24, 2.45) is 11.8 Å². The Morgan fingerprint density at radius 1 is 0.659 bits per heavy atom. The molecule has 3 aliphatic rings. The van der Waals surface area contributed by atoms with Crippen LogP contribution in [0.15, 0.2) is 0 Å². The van der Waals surface area contributed by atoms with E-state index in [4.69, 9.17) is 9.47 Å². The summed E-state index contributed by atoms with van der Waals surface area (Å²) in [5.41, 5.74) is -0.119. The standard InChI is InChI=1S/C34H63N3O4/c1-24(29(38)40-27-18-31(3,4)35(11)32(5,6)19-27)22-37(26-16-14-13-15-17-26)23-25(2)30(39)41-28-20-33(7,8)36(12)34(9,10)21-28/h24-28H,13-23H2,1-12H3. The molecule has 0 amide bonds. The predicted octanol–water partition coefficient (Wildman–Crippen LogP) is 6.28. The van der Waals surface area contributed by atoms with E-state index in [0.29, 0.717) is 19.1 Å². The Hall–Kier alpha value is -1.18. The van der Waals surface area contributed by atoms with Gasteiger partial charge in [0.15, 0.2) is 0 Å². The largest absolute Gasteiger partial charge is 0.462 e. The molecule has 0 aromatic heterocycles. The van der Waals surface area contributed by atoms with Gasteiger partial charge in [0.25, 0.3) is 0 Å². The first kappa shape index (κ1) is 34.3. The molecule has 0 aromatic rings. The first-order valence-electron chi connectivity index (χ1n) is 16.4. The summed E-state index contributed by atoms with van der Waals surface area (Å²) in [7, 11) is 4.34. The molecule has 0 spiro atoms. The number of carbonyl (C=O) groups is 2. The molecule has 2 unspecified atom stereocenters. The van der Waals surface area contributed by atoms with Crippen LogP contribution in [0.5, 0.6) is 0 Å². The van der Waals surface area contributed by atoms with Gasteiger partial charge >= 0.3 is 11.9 Å². The van der Waals surface area contributed by atoms with E-state index in [1.165, 1.54) is 19.3 Å². The van der Waals surface area contributed by atoms with Gasteiger partial charge in [-0.2, -0.15) is 0 Å². The lowest BCUT2D eigenvalue weighted by Crippen LogP contribution is -2.60. The van der Waals surface area contributed by atoms with Crippen molar-refractivity contribution in [2.45, 2.75) is 167 Å². The molecule has 2 atom stereocenters. The molecule has 3 rings (SSSR count). The van der Waals surface area contributed by atoms with E-state index in [9.17, 15) is 9.59 Å². The molecule has 7 nitrogen and oxygen atoms in total. The molecule has 1 aliphatic carbocycles. The molecule has 1 saturated carbocycles. The number of carbonyl (C=O) groups excluding carboxylic acids is 2. The second-order valence-corrected chi connectivity index (χ2v) is 16.3. The summed E-state index contributed by atoms with van der Waals surface area (Å²) in [6.45, 7) is 23.1.